The standard InChI is InChI=1S/C4H8O.CH4N2O/c1-2-3-4-5;2-1(3)4/h2,5H,1,3-4H2;(H4,2,3,4). The smallest absolute Gasteiger partial charge is 0.309 e. The normalized spacial score (nSPS) is 6.78. The Kier molecular flexibility index (Phi) is 12.1. The van der Waals surface area contributed by atoms with Gasteiger partial charge in [0.1, 0.15) is 0 Å². The summed E-state index contributed by atoms with van der Waals surface area (Å²) in [6, 6.07) is -0.833. The van der Waals surface area contributed by atoms with Crippen LogP contribution >= 0.6 is 0 Å². The molecule has 4 heteroatoms. The van der Waals surface area contributed by atoms with Gasteiger partial charge in [0.05, 0.1) is 0 Å². The highest BCUT2D eigenvalue weighted by Gasteiger charge is 1.62. The third-order valence-corrected chi connectivity index (χ3v) is 0.333. The largest absolute Gasteiger partial charge is 0.396 e. The van der Waals surface area contributed by atoms with Gasteiger partial charge in [0.2, 0.25) is 0 Å². The van der Waals surface area contributed by atoms with Gasteiger partial charge in [0.15, 0.2) is 0 Å². The first-order chi connectivity index (χ1) is 4.15. The van der Waals surface area contributed by atoms with Gasteiger partial charge in [-0.25, -0.2) is 4.79 Å². The lowest BCUT2D eigenvalue weighted by atomic mass is 10.5. The number of aliphatic hydroxyl groups excluding tert-OH is 1. The highest BCUT2D eigenvalue weighted by atomic mass is 16.2. The fourth-order valence-corrected chi connectivity index (χ4v) is 0.0913. The molecule has 0 spiro atoms. The van der Waals surface area contributed by atoms with E-state index >= 15 is 0 Å². The Balaban J connectivity index is 0. The predicted molar refractivity (Wildman–Crippen MR) is 35.7 cm³/mol. The maximum absolute atomic E-state index is 9.00. The Bertz CT molecular complexity index is 79.0. The van der Waals surface area contributed by atoms with E-state index in [9.17, 15) is 0 Å². The summed E-state index contributed by atoms with van der Waals surface area (Å²) >= 11 is 0. The first kappa shape index (κ1) is 10.9. The van der Waals surface area contributed by atoms with Crippen molar-refractivity contribution in [3.63, 3.8) is 0 Å². The molecule has 0 saturated carbocycles. The second-order valence-electron chi connectivity index (χ2n) is 1.20. The molecule has 0 aromatic rings. The molecule has 0 aliphatic carbocycles. The average molecular weight is 132 g/mol. The van der Waals surface area contributed by atoms with Crippen LogP contribution in [0.3, 0.4) is 0 Å². The van der Waals surface area contributed by atoms with Crippen LogP contribution in [0.25, 0.3) is 0 Å². The van der Waals surface area contributed by atoms with Gasteiger partial charge < -0.3 is 16.6 Å². The van der Waals surface area contributed by atoms with Crippen LogP contribution < -0.4 is 11.5 Å². The quantitative estimate of drug-likeness (QED) is 0.445. The highest BCUT2D eigenvalue weighted by Crippen LogP contribution is 1.69. The van der Waals surface area contributed by atoms with E-state index in [1.807, 2.05) is 0 Å². The summed E-state index contributed by atoms with van der Waals surface area (Å²) in [5.41, 5.74) is 8.50. The van der Waals surface area contributed by atoms with Crippen molar-refractivity contribution in [1.29, 1.82) is 0 Å². The summed E-state index contributed by atoms with van der Waals surface area (Å²) in [6.45, 7) is 3.62. The third kappa shape index (κ3) is 183. The lowest BCUT2D eigenvalue weighted by molar-refractivity contribution is 0.256. The molecule has 0 saturated heterocycles. The second-order valence-corrected chi connectivity index (χ2v) is 1.20. The zero-order chi connectivity index (χ0) is 7.70. The maximum Gasteiger partial charge on any atom is 0.309 e. The SMILES string of the molecule is C=CCCO.NC(N)=O. The summed E-state index contributed by atoms with van der Waals surface area (Å²) < 4.78 is 0. The van der Waals surface area contributed by atoms with Crippen LogP contribution in [0, 0.1) is 0 Å². The van der Waals surface area contributed by atoms with E-state index in [1.54, 1.807) is 6.08 Å². The van der Waals surface area contributed by atoms with Gasteiger partial charge in [-0.05, 0) is 6.42 Å². The van der Waals surface area contributed by atoms with E-state index < -0.39 is 6.03 Å². The zero-order valence-electron chi connectivity index (χ0n) is 5.21. The molecule has 54 valence electrons. The second kappa shape index (κ2) is 10.1. The number of aliphatic hydroxyl groups is 1. The predicted octanol–water partition coefficient (Wildman–Crippen LogP) is -0.421. The van der Waals surface area contributed by atoms with Crippen LogP contribution in [-0.4, -0.2) is 17.7 Å². The summed E-state index contributed by atoms with van der Waals surface area (Å²) in [6.07, 6.45) is 2.39. The molecule has 0 atom stereocenters. The van der Waals surface area contributed by atoms with E-state index in [0.29, 0.717) is 6.42 Å². The van der Waals surface area contributed by atoms with Gasteiger partial charge in [-0.2, -0.15) is 0 Å². The lowest BCUT2D eigenvalue weighted by Gasteiger charge is -1.73. The maximum atomic E-state index is 9.00. The van der Waals surface area contributed by atoms with Crippen LogP contribution in [0.5, 0.6) is 0 Å². The average Bonchev–Trinajstić information content (AvgIpc) is 1.66. The molecular formula is C5H12N2O2. The van der Waals surface area contributed by atoms with Gasteiger partial charge in [0, 0.05) is 6.61 Å². The molecule has 0 aliphatic heterocycles. The van der Waals surface area contributed by atoms with Gasteiger partial charge in [-0.3, -0.25) is 0 Å². The molecule has 0 radical (unpaired) electrons. The Morgan fingerprint density at radius 3 is 2.00 bits per heavy atom. The lowest BCUT2D eigenvalue weighted by Crippen LogP contribution is -2.18. The molecule has 0 bridgehead atoms. The Morgan fingerprint density at radius 1 is 1.67 bits per heavy atom. The van der Waals surface area contributed by atoms with Gasteiger partial charge in [-0.1, -0.05) is 6.08 Å². The van der Waals surface area contributed by atoms with Crippen molar-refractivity contribution in [3.8, 4) is 0 Å². The molecule has 0 aromatic carbocycles. The molecule has 0 fully saturated rings. The van der Waals surface area contributed by atoms with E-state index in [2.05, 4.69) is 18.0 Å². The summed E-state index contributed by atoms with van der Waals surface area (Å²) in [5, 5.41) is 8.00. The number of hydrogen-bond acceptors (Lipinski definition) is 2. The molecule has 9 heavy (non-hydrogen) atoms. The molecule has 0 unspecified atom stereocenters. The van der Waals surface area contributed by atoms with E-state index in [-0.39, 0.29) is 6.61 Å². The van der Waals surface area contributed by atoms with Crippen molar-refractivity contribution in [2.45, 2.75) is 6.42 Å². The van der Waals surface area contributed by atoms with Crippen LogP contribution in [0.1, 0.15) is 6.42 Å². The Morgan fingerprint density at radius 2 is 2.00 bits per heavy atom. The van der Waals surface area contributed by atoms with E-state index in [0.717, 1.165) is 0 Å². The number of carbonyl (C=O) groups is 1. The van der Waals surface area contributed by atoms with Crippen molar-refractivity contribution in [2.24, 2.45) is 11.5 Å². The van der Waals surface area contributed by atoms with Crippen LogP contribution in [-0.2, 0) is 0 Å². The van der Waals surface area contributed by atoms with E-state index in [4.69, 9.17) is 9.90 Å². The minimum absolute atomic E-state index is 0.226. The number of nitrogens with two attached hydrogens (primary N) is 2. The molecule has 5 N–H and O–H groups in total. The van der Waals surface area contributed by atoms with Crippen molar-refractivity contribution >= 4 is 6.03 Å². The molecule has 0 rings (SSSR count). The minimum atomic E-state index is -0.833. The number of rotatable bonds is 2. The number of primary amides is 2. The monoisotopic (exact) mass is 132 g/mol. The van der Waals surface area contributed by atoms with Crippen molar-refractivity contribution < 1.29 is 9.90 Å². The number of urea groups is 1. The molecule has 0 aromatic heterocycles. The van der Waals surface area contributed by atoms with Gasteiger partial charge in [-0.15, -0.1) is 6.58 Å². The highest BCUT2D eigenvalue weighted by molar-refractivity contribution is 5.69. The Labute approximate surface area is 54.2 Å². The van der Waals surface area contributed by atoms with Gasteiger partial charge in [0.25, 0.3) is 0 Å². The minimum Gasteiger partial charge on any atom is -0.396 e. The number of amides is 2. The molecule has 0 heterocycles. The fraction of sp³-hybridized carbons (Fsp3) is 0.400. The summed E-state index contributed by atoms with van der Waals surface area (Å²) in [5.74, 6) is 0. The van der Waals surface area contributed by atoms with Gasteiger partial charge >= 0.3 is 6.03 Å². The van der Waals surface area contributed by atoms with Crippen LogP contribution in [0.2, 0.25) is 0 Å². The van der Waals surface area contributed by atoms with Crippen LogP contribution in [0.15, 0.2) is 12.7 Å². The zero-order valence-corrected chi connectivity index (χ0v) is 5.21. The first-order valence-corrected chi connectivity index (χ1v) is 2.41. The fourth-order valence-electron chi connectivity index (χ4n) is 0.0913. The Hall–Kier alpha value is -1.03. The number of hydrogen-bond donors (Lipinski definition) is 3. The van der Waals surface area contributed by atoms with Crippen molar-refractivity contribution in [3.05, 3.63) is 12.7 Å². The van der Waals surface area contributed by atoms with E-state index in [1.165, 1.54) is 0 Å². The molecule has 2 amide bonds. The van der Waals surface area contributed by atoms with Crippen molar-refractivity contribution in [1.82, 2.24) is 0 Å². The first-order valence-electron chi connectivity index (χ1n) is 2.41. The molecule has 4 nitrogen and oxygen atoms in total. The number of carbonyl (C=O) groups excluding carboxylic acids is 1. The van der Waals surface area contributed by atoms with Crippen molar-refractivity contribution in [2.75, 3.05) is 6.61 Å². The van der Waals surface area contributed by atoms with Crippen LogP contribution in [0.4, 0.5) is 4.79 Å². The third-order valence-electron chi connectivity index (χ3n) is 0.333. The molecule has 0 aliphatic rings. The summed E-state index contributed by atoms with van der Waals surface area (Å²) in [4.78, 5) is 9.00. The topological polar surface area (TPSA) is 89.3 Å². The molecular weight excluding hydrogens is 120 g/mol. The summed E-state index contributed by atoms with van der Waals surface area (Å²) in [7, 11) is 0.